The number of hydrogen-bond donors (Lipinski definition) is 3. The number of rotatable bonds is 4. The van der Waals surface area contributed by atoms with E-state index in [2.05, 4.69) is 22.8 Å². The molecular formula is C13H21N3. The molecule has 1 aromatic carbocycles. The van der Waals surface area contributed by atoms with Gasteiger partial charge in [-0.2, -0.15) is 0 Å². The van der Waals surface area contributed by atoms with Crippen molar-refractivity contribution >= 4 is 5.69 Å². The van der Waals surface area contributed by atoms with Crippen LogP contribution in [0.1, 0.15) is 18.4 Å². The van der Waals surface area contributed by atoms with Crippen molar-refractivity contribution in [2.45, 2.75) is 25.3 Å². The van der Waals surface area contributed by atoms with E-state index < -0.39 is 0 Å². The average molecular weight is 219 g/mol. The molecule has 1 aliphatic rings. The van der Waals surface area contributed by atoms with Crippen molar-refractivity contribution in [3.63, 3.8) is 0 Å². The summed E-state index contributed by atoms with van der Waals surface area (Å²) in [6, 6.07) is 8.81. The van der Waals surface area contributed by atoms with Crippen LogP contribution in [0.5, 0.6) is 0 Å². The van der Waals surface area contributed by atoms with Gasteiger partial charge in [-0.15, -0.1) is 0 Å². The number of para-hydroxylation sites is 1. The highest BCUT2D eigenvalue weighted by molar-refractivity contribution is 5.46. The zero-order chi connectivity index (χ0) is 11.2. The predicted molar refractivity (Wildman–Crippen MR) is 68.5 cm³/mol. The van der Waals surface area contributed by atoms with Gasteiger partial charge in [0.15, 0.2) is 0 Å². The summed E-state index contributed by atoms with van der Waals surface area (Å²) in [7, 11) is 0. The first-order valence-electron chi connectivity index (χ1n) is 6.14. The van der Waals surface area contributed by atoms with Crippen LogP contribution >= 0.6 is 0 Å². The van der Waals surface area contributed by atoms with Crippen molar-refractivity contribution in [1.82, 2.24) is 10.6 Å². The van der Waals surface area contributed by atoms with Gasteiger partial charge < -0.3 is 16.4 Å². The largest absolute Gasteiger partial charge is 0.399 e. The highest BCUT2D eigenvalue weighted by atomic mass is 15.0. The second-order valence-electron chi connectivity index (χ2n) is 4.43. The molecule has 1 aliphatic heterocycles. The van der Waals surface area contributed by atoms with E-state index in [0.717, 1.165) is 31.7 Å². The first-order chi connectivity index (χ1) is 7.86. The fourth-order valence-corrected chi connectivity index (χ4v) is 2.20. The molecule has 0 aliphatic carbocycles. The molecule has 1 heterocycles. The standard InChI is InChI=1S/C13H21N3/c14-13-4-2-1-3-11(13)5-10-16-12-6-8-15-9-7-12/h1-4,12,15-16H,5-10,14H2. The molecule has 0 atom stereocenters. The molecule has 1 saturated heterocycles. The van der Waals surface area contributed by atoms with Gasteiger partial charge >= 0.3 is 0 Å². The number of piperidine rings is 1. The van der Waals surface area contributed by atoms with Gasteiger partial charge in [0.1, 0.15) is 0 Å². The third-order valence-electron chi connectivity index (χ3n) is 3.22. The Kier molecular flexibility index (Phi) is 4.19. The molecule has 0 saturated carbocycles. The smallest absolute Gasteiger partial charge is 0.0347 e. The third kappa shape index (κ3) is 3.22. The van der Waals surface area contributed by atoms with Gasteiger partial charge in [0.25, 0.3) is 0 Å². The molecule has 3 nitrogen and oxygen atoms in total. The maximum absolute atomic E-state index is 5.90. The van der Waals surface area contributed by atoms with Crippen LogP contribution in [0.2, 0.25) is 0 Å². The zero-order valence-electron chi connectivity index (χ0n) is 9.71. The molecular weight excluding hydrogens is 198 g/mol. The summed E-state index contributed by atoms with van der Waals surface area (Å²) in [6.07, 6.45) is 3.51. The van der Waals surface area contributed by atoms with Crippen LogP contribution in [0.15, 0.2) is 24.3 Å². The monoisotopic (exact) mass is 219 g/mol. The summed E-state index contributed by atoms with van der Waals surface area (Å²) in [4.78, 5) is 0. The maximum Gasteiger partial charge on any atom is 0.0347 e. The Balaban J connectivity index is 1.73. The number of benzene rings is 1. The molecule has 0 aromatic heterocycles. The van der Waals surface area contributed by atoms with Crippen molar-refractivity contribution in [3.8, 4) is 0 Å². The Morgan fingerprint density at radius 2 is 2.00 bits per heavy atom. The number of nitrogens with two attached hydrogens (primary N) is 1. The van der Waals surface area contributed by atoms with Crippen molar-refractivity contribution < 1.29 is 0 Å². The highest BCUT2D eigenvalue weighted by Crippen LogP contribution is 2.10. The van der Waals surface area contributed by atoms with Gasteiger partial charge in [0.2, 0.25) is 0 Å². The van der Waals surface area contributed by atoms with Gasteiger partial charge in [-0.1, -0.05) is 18.2 Å². The quantitative estimate of drug-likeness (QED) is 0.666. The molecule has 2 rings (SSSR count). The molecule has 1 fully saturated rings. The molecule has 0 unspecified atom stereocenters. The summed E-state index contributed by atoms with van der Waals surface area (Å²) in [5.74, 6) is 0. The van der Waals surface area contributed by atoms with Gasteiger partial charge in [-0.25, -0.2) is 0 Å². The fraction of sp³-hybridized carbons (Fsp3) is 0.538. The van der Waals surface area contributed by atoms with E-state index in [1.54, 1.807) is 0 Å². The first kappa shape index (κ1) is 11.4. The van der Waals surface area contributed by atoms with Crippen LogP contribution in [0.4, 0.5) is 5.69 Å². The molecule has 0 radical (unpaired) electrons. The number of hydrogen-bond acceptors (Lipinski definition) is 3. The van der Waals surface area contributed by atoms with E-state index in [-0.39, 0.29) is 0 Å². The zero-order valence-corrected chi connectivity index (χ0v) is 9.71. The molecule has 4 N–H and O–H groups in total. The summed E-state index contributed by atoms with van der Waals surface area (Å²) < 4.78 is 0. The van der Waals surface area contributed by atoms with E-state index in [4.69, 9.17) is 5.73 Å². The van der Waals surface area contributed by atoms with Gasteiger partial charge in [0, 0.05) is 11.7 Å². The molecule has 1 aromatic rings. The lowest BCUT2D eigenvalue weighted by Gasteiger charge is -2.23. The lowest BCUT2D eigenvalue weighted by Crippen LogP contribution is -2.40. The minimum absolute atomic E-state index is 0.686. The Morgan fingerprint density at radius 1 is 1.25 bits per heavy atom. The van der Waals surface area contributed by atoms with Crippen molar-refractivity contribution in [1.29, 1.82) is 0 Å². The maximum atomic E-state index is 5.90. The van der Waals surface area contributed by atoms with Crippen molar-refractivity contribution in [2.75, 3.05) is 25.4 Å². The fourth-order valence-electron chi connectivity index (χ4n) is 2.20. The summed E-state index contributed by atoms with van der Waals surface area (Å²) in [5.41, 5.74) is 8.07. The van der Waals surface area contributed by atoms with E-state index in [9.17, 15) is 0 Å². The highest BCUT2D eigenvalue weighted by Gasteiger charge is 2.11. The van der Waals surface area contributed by atoms with Crippen LogP contribution in [-0.4, -0.2) is 25.7 Å². The summed E-state index contributed by atoms with van der Waals surface area (Å²) >= 11 is 0. The summed E-state index contributed by atoms with van der Waals surface area (Å²) in [5, 5.41) is 6.97. The van der Waals surface area contributed by atoms with Gasteiger partial charge in [-0.3, -0.25) is 0 Å². The molecule has 3 heteroatoms. The SMILES string of the molecule is Nc1ccccc1CCNC1CCNCC1. The predicted octanol–water partition coefficient (Wildman–Crippen LogP) is 1.15. The molecule has 0 amide bonds. The van der Waals surface area contributed by atoms with Crippen LogP contribution in [-0.2, 0) is 6.42 Å². The lowest BCUT2D eigenvalue weighted by molar-refractivity contribution is 0.390. The van der Waals surface area contributed by atoms with Crippen LogP contribution in [0, 0.1) is 0 Å². The normalized spacial score (nSPS) is 17.5. The first-order valence-corrected chi connectivity index (χ1v) is 6.14. The van der Waals surface area contributed by atoms with Gasteiger partial charge in [0.05, 0.1) is 0 Å². The van der Waals surface area contributed by atoms with Gasteiger partial charge in [-0.05, 0) is 50.5 Å². The minimum atomic E-state index is 0.686. The van der Waals surface area contributed by atoms with Crippen LogP contribution < -0.4 is 16.4 Å². The molecule has 88 valence electrons. The number of anilines is 1. The Morgan fingerprint density at radius 3 is 2.75 bits per heavy atom. The Hall–Kier alpha value is -1.06. The Labute approximate surface area is 97.4 Å². The lowest BCUT2D eigenvalue weighted by atomic mass is 10.1. The van der Waals surface area contributed by atoms with E-state index >= 15 is 0 Å². The number of nitrogens with one attached hydrogen (secondary N) is 2. The van der Waals surface area contributed by atoms with Crippen molar-refractivity contribution in [2.24, 2.45) is 0 Å². The second kappa shape index (κ2) is 5.87. The van der Waals surface area contributed by atoms with Crippen LogP contribution in [0.25, 0.3) is 0 Å². The Bertz CT molecular complexity index is 319. The van der Waals surface area contributed by atoms with Crippen LogP contribution in [0.3, 0.4) is 0 Å². The molecule has 16 heavy (non-hydrogen) atoms. The average Bonchev–Trinajstić information content (AvgIpc) is 2.33. The third-order valence-corrected chi connectivity index (χ3v) is 3.22. The van der Waals surface area contributed by atoms with E-state index in [1.165, 1.54) is 18.4 Å². The molecule has 0 spiro atoms. The second-order valence-corrected chi connectivity index (χ2v) is 4.43. The summed E-state index contributed by atoms with van der Waals surface area (Å²) in [6.45, 7) is 3.31. The molecule has 0 bridgehead atoms. The van der Waals surface area contributed by atoms with E-state index in [0.29, 0.717) is 6.04 Å². The minimum Gasteiger partial charge on any atom is -0.399 e. The number of nitrogen functional groups attached to an aromatic ring is 1. The topological polar surface area (TPSA) is 50.1 Å². The van der Waals surface area contributed by atoms with E-state index in [1.807, 2.05) is 12.1 Å². The van der Waals surface area contributed by atoms with Crippen molar-refractivity contribution in [3.05, 3.63) is 29.8 Å².